The van der Waals surface area contributed by atoms with E-state index in [1.807, 2.05) is 6.07 Å². The highest BCUT2D eigenvalue weighted by Crippen LogP contribution is 2.51. The molecule has 0 saturated heterocycles. The molecule has 0 spiro atoms. The van der Waals surface area contributed by atoms with Crippen LogP contribution in [0.25, 0.3) is 0 Å². The SMILES string of the molecule is COc1cc(CC(=O)CC2c3c(cc4c(c3OC)OCO4)CC[N+]2(C)C)cc(CO)c1CO. The van der Waals surface area contributed by atoms with E-state index in [9.17, 15) is 15.0 Å². The summed E-state index contributed by atoms with van der Waals surface area (Å²) >= 11 is 0. The van der Waals surface area contributed by atoms with Crippen molar-refractivity contribution in [1.29, 1.82) is 0 Å². The minimum Gasteiger partial charge on any atom is -0.496 e. The number of carbonyl (C=O) groups excluding carboxylic acids is 1. The van der Waals surface area contributed by atoms with Crippen LogP contribution in [0.4, 0.5) is 0 Å². The summed E-state index contributed by atoms with van der Waals surface area (Å²) in [5.41, 5.74) is 3.99. The Kier molecular flexibility index (Phi) is 6.52. The first-order valence-corrected chi connectivity index (χ1v) is 11.1. The number of methoxy groups -OCH3 is 2. The van der Waals surface area contributed by atoms with E-state index in [1.165, 1.54) is 7.11 Å². The molecule has 0 bridgehead atoms. The van der Waals surface area contributed by atoms with Gasteiger partial charge in [-0.3, -0.25) is 4.79 Å². The number of nitrogens with zero attached hydrogens (tertiary/aromatic N) is 1. The fraction of sp³-hybridized carbons (Fsp3) is 0.480. The van der Waals surface area contributed by atoms with Crippen molar-refractivity contribution >= 4 is 5.78 Å². The van der Waals surface area contributed by atoms with Gasteiger partial charge in [0.05, 0.1) is 60.1 Å². The molecule has 4 rings (SSSR count). The van der Waals surface area contributed by atoms with Gasteiger partial charge in [-0.05, 0) is 28.8 Å². The third-order valence-electron chi connectivity index (χ3n) is 6.81. The predicted molar refractivity (Wildman–Crippen MR) is 121 cm³/mol. The van der Waals surface area contributed by atoms with Crippen LogP contribution < -0.4 is 18.9 Å². The fourth-order valence-corrected chi connectivity index (χ4v) is 5.00. The minimum atomic E-state index is -0.242. The van der Waals surface area contributed by atoms with Crippen molar-refractivity contribution in [3.8, 4) is 23.0 Å². The monoisotopic (exact) mass is 458 g/mol. The van der Waals surface area contributed by atoms with Crippen LogP contribution >= 0.6 is 0 Å². The Morgan fingerprint density at radius 2 is 1.91 bits per heavy atom. The Balaban J connectivity index is 1.65. The van der Waals surface area contributed by atoms with Crippen molar-refractivity contribution in [2.75, 3.05) is 41.7 Å². The van der Waals surface area contributed by atoms with Gasteiger partial charge < -0.3 is 33.6 Å². The maximum Gasteiger partial charge on any atom is 0.231 e. The zero-order valence-corrected chi connectivity index (χ0v) is 19.6. The molecular formula is C25H32NO7+. The number of hydrogen-bond acceptors (Lipinski definition) is 7. The Bertz CT molecular complexity index is 1040. The van der Waals surface area contributed by atoms with Crippen LogP contribution in [-0.2, 0) is 30.8 Å². The topological polar surface area (TPSA) is 94.5 Å². The maximum absolute atomic E-state index is 13.3. The number of hydrogen-bond donors (Lipinski definition) is 2. The fourth-order valence-electron chi connectivity index (χ4n) is 5.00. The van der Waals surface area contributed by atoms with Gasteiger partial charge in [0.25, 0.3) is 0 Å². The number of benzene rings is 2. The standard InChI is InChI=1S/C25H32NO7/c1-26(2)6-5-16-10-22-24(33-14-32-22)25(31-4)23(16)20(26)11-18(29)8-15-7-17(12-27)19(13-28)21(9-15)30-3/h7,9-10,20,27-28H,5-6,8,11-14H2,1-4H3/q+1. The highest BCUT2D eigenvalue weighted by molar-refractivity contribution is 5.82. The summed E-state index contributed by atoms with van der Waals surface area (Å²) in [7, 11) is 7.40. The van der Waals surface area contributed by atoms with Gasteiger partial charge in [-0.15, -0.1) is 0 Å². The summed E-state index contributed by atoms with van der Waals surface area (Å²) in [5.74, 6) is 2.49. The molecule has 0 fully saturated rings. The van der Waals surface area contributed by atoms with E-state index in [4.69, 9.17) is 18.9 Å². The first kappa shape index (κ1) is 23.4. The van der Waals surface area contributed by atoms with E-state index >= 15 is 0 Å². The number of Topliss-reactive ketones (excluding diaryl/α,β-unsaturated/α-hetero) is 1. The molecule has 0 aromatic heterocycles. The van der Waals surface area contributed by atoms with Gasteiger partial charge in [0.15, 0.2) is 11.5 Å². The number of ether oxygens (including phenoxy) is 4. The number of rotatable bonds is 8. The van der Waals surface area contributed by atoms with Crippen molar-refractivity contribution < 1.29 is 38.4 Å². The Hall–Kier alpha value is -2.81. The molecular weight excluding hydrogens is 426 g/mol. The Labute approximate surface area is 193 Å². The van der Waals surface area contributed by atoms with E-state index in [0.29, 0.717) is 45.0 Å². The first-order valence-electron chi connectivity index (χ1n) is 11.1. The summed E-state index contributed by atoms with van der Waals surface area (Å²) in [5, 5.41) is 19.3. The first-order chi connectivity index (χ1) is 15.8. The maximum atomic E-state index is 13.3. The van der Waals surface area contributed by atoms with Crippen LogP contribution in [0.15, 0.2) is 18.2 Å². The van der Waals surface area contributed by atoms with Crippen LogP contribution in [0.3, 0.4) is 0 Å². The van der Waals surface area contributed by atoms with Gasteiger partial charge in [-0.25, -0.2) is 0 Å². The molecule has 0 amide bonds. The summed E-state index contributed by atoms with van der Waals surface area (Å²) in [4.78, 5) is 13.3. The lowest BCUT2D eigenvalue weighted by Gasteiger charge is -2.43. The highest BCUT2D eigenvalue weighted by atomic mass is 16.7. The molecule has 8 nitrogen and oxygen atoms in total. The van der Waals surface area contributed by atoms with Gasteiger partial charge in [-0.1, -0.05) is 6.07 Å². The molecule has 2 N–H and O–H groups in total. The van der Waals surface area contributed by atoms with Gasteiger partial charge in [0.2, 0.25) is 12.5 Å². The van der Waals surface area contributed by atoms with Crippen molar-refractivity contribution in [2.45, 2.75) is 38.5 Å². The molecule has 178 valence electrons. The van der Waals surface area contributed by atoms with Crippen molar-refractivity contribution in [3.05, 3.63) is 46.0 Å². The molecule has 0 radical (unpaired) electrons. The van der Waals surface area contributed by atoms with Gasteiger partial charge >= 0.3 is 0 Å². The second-order valence-electron chi connectivity index (χ2n) is 9.16. The summed E-state index contributed by atoms with van der Waals surface area (Å²) < 4.78 is 23.1. The lowest BCUT2D eigenvalue weighted by molar-refractivity contribution is -0.922. The summed E-state index contributed by atoms with van der Waals surface area (Å²) in [6.45, 7) is 0.572. The van der Waals surface area contributed by atoms with Crippen molar-refractivity contribution in [2.24, 2.45) is 0 Å². The van der Waals surface area contributed by atoms with E-state index in [2.05, 4.69) is 14.1 Å². The molecule has 0 saturated carbocycles. The summed E-state index contributed by atoms with van der Waals surface area (Å²) in [6, 6.07) is 5.44. The molecule has 2 aromatic carbocycles. The molecule has 0 aliphatic carbocycles. The molecule has 33 heavy (non-hydrogen) atoms. The van der Waals surface area contributed by atoms with E-state index in [0.717, 1.165) is 29.7 Å². The normalized spacial score (nSPS) is 18.1. The second-order valence-corrected chi connectivity index (χ2v) is 9.16. The van der Waals surface area contributed by atoms with E-state index in [-0.39, 0.29) is 38.3 Å². The van der Waals surface area contributed by atoms with Crippen LogP contribution in [0, 0.1) is 0 Å². The molecule has 2 heterocycles. The highest BCUT2D eigenvalue weighted by Gasteiger charge is 2.42. The number of aliphatic hydroxyl groups excluding tert-OH is 2. The average Bonchev–Trinajstić information content (AvgIpc) is 3.27. The van der Waals surface area contributed by atoms with E-state index in [1.54, 1.807) is 19.2 Å². The average molecular weight is 459 g/mol. The third-order valence-corrected chi connectivity index (χ3v) is 6.81. The van der Waals surface area contributed by atoms with Crippen molar-refractivity contribution in [1.82, 2.24) is 0 Å². The number of fused-ring (bicyclic) bond motifs is 2. The van der Waals surface area contributed by atoms with E-state index < -0.39 is 0 Å². The predicted octanol–water partition coefficient (Wildman–Crippen LogP) is 2.29. The third kappa shape index (κ3) is 4.26. The number of quaternary nitrogens is 1. The lowest BCUT2D eigenvalue weighted by atomic mass is 9.86. The minimum absolute atomic E-state index is 0.0708. The Morgan fingerprint density at radius 3 is 2.58 bits per heavy atom. The number of likely N-dealkylation sites (N-methyl/N-ethyl adjacent to an activating group) is 1. The molecule has 8 heteroatoms. The van der Waals surface area contributed by atoms with Gasteiger partial charge in [-0.2, -0.15) is 0 Å². The van der Waals surface area contributed by atoms with Crippen LogP contribution in [-0.4, -0.2) is 62.1 Å². The smallest absolute Gasteiger partial charge is 0.231 e. The van der Waals surface area contributed by atoms with Crippen molar-refractivity contribution in [3.63, 3.8) is 0 Å². The Morgan fingerprint density at radius 1 is 1.12 bits per heavy atom. The number of ketones is 1. The van der Waals surface area contributed by atoms with Gasteiger partial charge in [0, 0.05) is 18.4 Å². The lowest BCUT2D eigenvalue weighted by Crippen LogP contribution is -2.48. The van der Waals surface area contributed by atoms with Gasteiger partial charge in [0.1, 0.15) is 17.6 Å². The molecule has 2 aliphatic rings. The quantitative estimate of drug-likeness (QED) is 0.586. The second kappa shape index (κ2) is 9.21. The molecule has 2 aliphatic heterocycles. The summed E-state index contributed by atoms with van der Waals surface area (Å²) in [6.07, 6.45) is 1.39. The van der Waals surface area contributed by atoms with Crippen LogP contribution in [0.5, 0.6) is 23.0 Å². The zero-order valence-electron chi connectivity index (χ0n) is 19.6. The molecule has 1 atom stereocenters. The molecule has 2 aromatic rings. The number of carbonyl (C=O) groups is 1. The molecule has 1 unspecified atom stereocenters. The van der Waals surface area contributed by atoms with Crippen LogP contribution in [0.2, 0.25) is 0 Å². The zero-order chi connectivity index (χ0) is 23.8. The largest absolute Gasteiger partial charge is 0.496 e. The number of aliphatic hydroxyl groups is 2. The van der Waals surface area contributed by atoms with Crippen LogP contribution in [0.1, 0.15) is 40.3 Å².